The third kappa shape index (κ3) is 2.62. The van der Waals surface area contributed by atoms with E-state index in [1.165, 1.54) is 0 Å². The summed E-state index contributed by atoms with van der Waals surface area (Å²) in [4.78, 5) is 4.56. The van der Waals surface area contributed by atoms with E-state index in [1.807, 2.05) is 54.6 Å². The molecule has 0 aliphatic rings. The standard InChI is InChI=1S/C19H21BN2O3/c1-18(2,23)19(3,4)25-20-12-9-10-13-15(11-12)22-14-7-5-6-8-16(14)24-17(22)21-13/h5-11,20,23H,1-4H3. The summed E-state index contributed by atoms with van der Waals surface area (Å²) in [5.41, 5.74) is 3.12. The molecule has 0 saturated heterocycles. The van der Waals surface area contributed by atoms with Gasteiger partial charge >= 0.3 is 13.3 Å². The second-order valence-electron chi connectivity index (χ2n) is 7.48. The lowest BCUT2D eigenvalue weighted by Gasteiger charge is -2.37. The third-order valence-electron chi connectivity index (χ3n) is 5.07. The molecule has 0 aliphatic carbocycles. The first kappa shape index (κ1) is 16.2. The second-order valence-corrected chi connectivity index (χ2v) is 7.48. The van der Waals surface area contributed by atoms with Crippen molar-refractivity contribution in [2.45, 2.75) is 38.9 Å². The number of para-hydroxylation sites is 2. The van der Waals surface area contributed by atoms with E-state index in [2.05, 4.69) is 11.1 Å². The van der Waals surface area contributed by atoms with Crippen LogP contribution in [-0.2, 0) is 4.65 Å². The van der Waals surface area contributed by atoms with Crippen LogP contribution in [0.1, 0.15) is 27.7 Å². The quantitative estimate of drug-likeness (QED) is 0.582. The van der Waals surface area contributed by atoms with Gasteiger partial charge < -0.3 is 14.2 Å². The van der Waals surface area contributed by atoms with E-state index in [0.717, 1.165) is 27.6 Å². The minimum Gasteiger partial charge on any atom is -0.427 e. The minimum absolute atomic E-state index is 0.413. The number of oxazole rings is 1. The summed E-state index contributed by atoms with van der Waals surface area (Å²) in [6, 6.07) is 13.9. The molecule has 6 heteroatoms. The first-order valence-corrected chi connectivity index (χ1v) is 8.41. The van der Waals surface area contributed by atoms with Crippen molar-refractivity contribution < 1.29 is 14.2 Å². The van der Waals surface area contributed by atoms with Crippen LogP contribution in [-0.4, -0.2) is 33.2 Å². The summed E-state index contributed by atoms with van der Waals surface area (Å²) < 4.78 is 13.8. The van der Waals surface area contributed by atoms with Crippen molar-refractivity contribution in [3.63, 3.8) is 0 Å². The van der Waals surface area contributed by atoms with Crippen LogP contribution in [0.5, 0.6) is 0 Å². The summed E-state index contributed by atoms with van der Waals surface area (Å²) in [5, 5.41) is 10.2. The van der Waals surface area contributed by atoms with Gasteiger partial charge in [0, 0.05) is 0 Å². The summed E-state index contributed by atoms with van der Waals surface area (Å²) in [6.45, 7) is 7.31. The van der Waals surface area contributed by atoms with Gasteiger partial charge in [-0.25, -0.2) is 0 Å². The number of aromatic nitrogens is 2. The van der Waals surface area contributed by atoms with Gasteiger partial charge in [-0.3, -0.25) is 4.40 Å². The van der Waals surface area contributed by atoms with Crippen molar-refractivity contribution in [1.29, 1.82) is 0 Å². The van der Waals surface area contributed by atoms with E-state index in [-0.39, 0.29) is 0 Å². The van der Waals surface area contributed by atoms with Crippen molar-refractivity contribution >= 4 is 40.9 Å². The van der Waals surface area contributed by atoms with Crippen LogP contribution >= 0.6 is 0 Å². The molecule has 4 aromatic rings. The molecule has 0 amide bonds. The van der Waals surface area contributed by atoms with Crippen molar-refractivity contribution in [3.05, 3.63) is 42.5 Å². The molecular formula is C19H21BN2O3. The van der Waals surface area contributed by atoms with Crippen molar-refractivity contribution in [3.8, 4) is 0 Å². The van der Waals surface area contributed by atoms with E-state index in [9.17, 15) is 5.11 Å². The molecule has 0 fully saturated rings. The molecule has 2 aromatic heterocycles. The lowest BCUT2D eigenvalue weighted by atomic mass is 9.82. The molecule has 0 radical (unpaired) electrons. The number of fused-ring (bicyclic) bond motifs is 5. The van der Waals surface area contributed by atoms with Gasteiger partial charge in [-0.05, 0) is 52.0 Å². The summed E-state index contributed by atoms with van der Waals surface area (Å²) in [7, 11) is 0.413. The SMILES string of the molecule is CC(C)(O)C(C)(C)OBc1ccc2nc3oc4ccccc4n3c2c1. The number of benzene rings is 2. The van der Waals surface area contributed by atoms with Gasteiger partial charge in [0.15, 0.2) is 5.58 Å². The van der Waals surface area contributed by atoms with Crippen molar-refractivity contribution in [1.82, 2.24) is 9.38 Å². The maximum absolute atomic E-state index is 10.2. The zero-order valence-electron chi connectivity index (χ0n) is 14.9. The normalized spacial score (nSPS) is 13.2. The highest BCUT2D eigenvalue weighted by atomic mass is 16.5. The lowest BCUT2D eigenvalue weighted by molar-refractivity contribution is -0.0893. The van der Waals surface area contributed by atoms with Gasteiger partial charge in [-0.2, -0.15) is 4.98 Å². The predicted molar refractivity (Wildman–Crippen MR) is 101 cm³/mol. The molecule has 0 atom stereocenters. The zero-order chi connectivity index (χ0) is 17.8. The molecule has 4 rings (SSSR count). The van der Waals surface area contributed by atoms with Crippen LogP contribution in [0.2, 0.25) is 0 Å². The Balaban J connectivity index is 1.75. The average molecular weight is 336 g/mol. The van der Waals surface area contributed by atoms with Crippen LogP contribution in [0, 0.1) is 0 Å². The van der Waals surface area contributed by atoms with Gasteiger partial charge in [-0.1, -0.05) is 23.7 Å². The topological polar surface area (TPSA) is 59.9 Å². The smallest absolute Gasteiger partial charge is 0.309 e. The van der Waals surface area contributed by atoms with Crippen LogP contribution in [0.25, 0.3) is 28.0 Å². The number of nitrogens with zero attached hydrogens (tertiary/aromatic N) is 2. The fraction of sp³-hybridized carbons (Fsp3) is 0.316. The first-order valence-electron chi connectivity index (χ1n) is 8.41. The molecule has 2 heterocycles. The fourth-order valence-electron chi connectivity index (χ4n) is 2.76. The van der Waals surface area contributed by atoms with E-state index in [0.29, 0.717) is 13.3 Å². The molecule has 0 bridgehead atoms. The highest BCUT2D eigenvalue weighted by Gasteiger charge is 2.35. The van der Waals surface area contributed by atoms with E-state index >= 15 is 0 Å². The molecule has 0 saturated carbocycles. The highest BCUT2D eigenvalue weighted by molar-refractivity contribution is 6.47. The Morgan fingerprint density at radius 2 is 1.84 bits per heavy atom. The summed E-state index contributed by atoms with van der Waals surface area (Å²) in [6.07, 6.45) is 0. The lowest BCUT2D eigenvalue weighted by Crippen LogP contribution is -2.49. The Kier molecular flexibility index (Phi) is 3.46. The maximum Gasteiger partial charge on any atom is 0.309 e. The zero-order valence-corrected chi connectivity index (χ0v) is 14.9. The number of hydrogen-bond donors (Lipinski definition) is 1. The van der Waals surface area contributed by atoms with Gasteiger partial charge in [0.25, 0.3) is 0 Å². The summed E-state index contributed by atoms with van der Waals surface area (Å²) >= 11 is 0. The Labute approximate surface area is 146 Å². The molecule has 0 aliphatic heterocycles. The molecule has 2 aromatic carbocycles. The summed E-state index contributed by atoms with van der Waals surface area (Å²) in [5.74, 6) is 0.589. The second kappa shape index (κ2) is 5.34. The van der Waals surface area contributed by atoms with E-state index in [4.69, 9.17) is 9.07 Å². The van der Waals surface area contributed by atoms with Gasteiger partial charge in [0.2, 0.25) is 0 Å². The first-order chi connectivity index (χ1) is 11.8. The van der Waals surface area contributed by atoms with Gasteiger partial charge in [0.05, 0.1) is 27.8 Å². The largest absolute Gasteiger partial charge is 0.427 e. The molecule has 0 unspecified atom stereocenters. The van der Waals surface area contributed by atoms with Crippen molar-refractivity contribution in [2.24, 2.45) is 0 Å². The third-order valence-corrected chi connectivity index (χ3v) is 5.07. The predicted octanol–water partition coefficient (Wildman–Crippen LogP) is 2.78. The molecular weight excluding hydrogens is 315 g/mol. The minimum atomic E-state index is -0.929. The number of imidazole rings is 1. The Hall–Kier alpha value is -2.31. The van der Waals surface area contributed by atoms with Gasteiger partial charge in [0.1, 0.15) is 0 Å². The molecule has 0 spiro atoms. The van der Waals surface area contributed by atoms with Crippen molar-refractivity contribution in [2.75, 3.05) is 0 Å². The van der Waals surface area contributed by atoms with E-state index in [1.54, 1.807) is 13.8 Å². The molecule has 1 N–H and O–H groups in total. The number of hydrogen-bond acceptors (Lipinski definition) is 4. The Morgan fingerprint density at radius 3 is 2.60 bits per heavy atom. The van der Waals surface area contributed by atoms with Crippen LogP contribution in [0.3, 0.4) is 0 Å². The number of rotatable bonds is 4. The van der Waals surface area contributed by atoms with Crippen LogP contribution < -0.4 is 5.46 Å². The monoisotopic (exact) mass is 336 g/mol. The Morgan fingerprint density at radius 1 is 1.08 bits per heavy atom. The number of aliphatic hydroxyl groups is 1. The Bertz CT molecular complexity index is 1070. The molecule has 25 heavy (non-hydrogen) atoms. The van der Waals surface area contributed by atoms with Crippen LogP contribution in [0.15, 0.2) is 46.9 Å². The van der Waals surface area contributed by atoms with Crippen LogP contribution in [0.4, 0.5) is 0 Å². The van der Waals surface area contributed by atoms with E-state index < -0.39 is 11.2 Å². The fourth-order valence-corrected chi connectivity index (χ4v) is 2.76. The maximum atomic E-state index is 10.2. The average Bonchev–Trinajstić information content (AvgIpc) is 3.07. The highest BCUT2D eigenvalue weighted by Crippen LogP contribution is 2.26. The van der Waals surface area contributed by atoms with Gasteiger partial charge in [-0.15, -0.1) is 0 Å². The molecule has 128 valence electrons. The molecule has 5 nitrogen and oxygen atoms in total.